The Hall–Kier alpha value is -4.14. The van der Waals surface area contributed by atoms with Crippen molar-refractivity contribution in [3.63, 3.8) is 0 Å². The van der Waals surface area contributed by atoms with Crippen LogP contribution in [0.1, 0.15) is 45.7 Å². The fraction of sp³-hybridized carbons (Fsp3) is 0.500. The summed E-state index contributed by atoms with van der Waals surface area (Å²) in [5.41, 5.74) is -1.13. The fourth-order valence-corrected chi connectivity index (χ4v) is 3.71. The lowest BCUT2D eigenvalue weighted by atomic mass is 9.98. The normalized spacial score (nSPS) is 22.6. The molecule has 1 aliphatic heterocycles. The van der Waals surface area contributed by atoms with E-state index in [1.165, 1.54) is 13.0 Å². The van der Waals surface area contributed by atoms with E-state index in [2.05, 4.69) is 0 Å². The lowest BCUT2D eigenvalue weighted by Crippen LogP contribution is -2.63. The first kappa shape index (κ1) is 33.1. The van der Waals surface area contributed by atoms with E-state index in [-0.39, 0.29) is 12.2 Å². The van der Waals surface area contributed by atoms with Crippen molar-refractivity contribution < 1.29 is 70.3 Å². The van der Waals surface area contributed by atoms with Gasteiger partial charge in [0, 0.05) is 27.7 Å². The number of hydrogen-bond donors (Lipinski definition) is 0. The minimum absolute atomic E-state index is 0.117. The predicted octanol–water partition coefficient (Wildman–Crippen LogP) is 2.71. The van der Waals surface area contributed by atoms with E-state index in [4.69, 9.17) is 33.2 Å². The molecule has 0 spiro atoms. The van der Waals surface area contributed by atoms with E-state index in [1.807, 2.05) is 0 Å². The Labute approximate surface area is 232 Å². The first-order valence-corrected chi connectivity index (χ1v) is 12.2. The zero-order valence-electron chi connectivity index (χ0n) is 22.7. The molecule has 0 saturated carbocycles. The lowest BCUT2D eigenvalue weighted by molar-refractivity contribution is -0.299. The van der Waals surface area contributed by atoms with Crippen molar-refractivity contribution in [2.24, 2.45) is 0 Å². The quantitative estimate of drug-likeness (QED) is 0.171. The molecule has 0 aromatic heterocycles. The SMILES string of the molecule is CCOC(=O)/C(=C/c1cccc(C(F)(F)F)c1)O[C@H]1O[C@@H](COC(C)=O)[C@H](OC(C)=O)[C@@H](OC(C)=O)[C@@H]1OC(C)=O. The highest BCUT2D eigenvalue weighted by Crippen LogP contribution is 2.33. The highest BCUT2D eigenvalue weighted by molar-refractivity contribution is 5.91. The van der Waals surface area contributed by atoms with Crippen LogP contribution in [0.4, 0.5) is 13.2 Å². The summed E-state index contributed by atoms with van der Waals surface area (Å²) in [5.74, 6) is -5.24. The average Bonchev–Trinajstić information content (AvgIpc) is 2.85. The van der Waals surface area contributed by atoms with Crippen molar-refractivity contribution in [2.75, 3.05) is 13.2 Å². The van der Waals surface area contributed by atoms with Crippen LogP contribution in [0.3, 0.4) is 0 Å². The fourth-order valence-electron chi connectivity index (χ4n) is 3.71. The number of hydrogen-bond acceptors (Lipinski definition) is 12. The van der Waals surface area contributed by atoms with Gasteiger partial charge in [0.2, 0.25) is 18.2 Å². The summed E-state index contributed by atoms with van der Waals surface area (Å²) < 4.78 is 77.0. The van der Waals surface area contributed by atoms with Gasteiger partial charge in [-0.3, -0.25) is 19.2 Å². The van der Waals surface area contributed by atoms with Gasteiger partial charge in [0.05, 0.1) is 12.2 Å². The molecule has 1 aromatic rings. The third-order valence-electron chi connectivity index (χ3n) is 5.18. The second kappa shape index (κ2) is 14.5. The number of alkyl halides is 3. The first-order valence-electron chi connectivity index (χ1n) is 12.2. The number of rotatable bonds is 10. The molecular formula is C26H29F3O12. The molecule has 1 aromatic carbocycles. The summed E-state index contributed by atoms with van der Waals surface area (Å²) >= 11 is 0. The third kappa shape index (κ3) is 10.1. The summed E-state index contributed by atoms with van der Waals surface area (Å²) in [6.07, 6.45) is -11.7. The molecule has 41 heavy (non-hydrogen) atoms. The molecular weight excluding hydrogens is 561 g/mol. The summed E-state index contributed by atoms with van der Waals surface area (Å²) in [4.78, 5) is 60.1. The number of esters is 5. The van der Waals surface area contributed by atoms with Crippen LogP contribution in [0, 0.1) is 0 Å². The molecule has 1 aliphatic rings. The third-order valence-corrected chi connectivity index (χ3v) is 5.18. The van der Waals surface area contributed by atoms with Crippen LogP contribution in [0.2, 0.25) is 0 Å². The molecule has 1 saturated heterocycles. The van der Waals surface area contributed by atoms with Crippen molar-refractivity contribution in [2.45, 2.75) is 71.5 Å². The summed E-state index contributed by atoms with van der Waals surface area (Å²) in [6.45, 7) is 4.88. The first-order chi connectivity index (χ1) is 19.1. The second-order valence-electron chi connectivity index (χ2n) is 8.54. The van der Waals surface area contributed by atoms with Gasteiger partial charge in [0.25, 0.3) is 0 Å². The van der Waals surface area contributed by atoms with E-state index >= 15 is 0 Å². The number of halogens is 3. The van der Waals surface area contributed by atoms with Gasteiger partial charge in [-0.2, -0.15) is 13.2 Å². The van der Waals surface area contributed by atoms with Gasteiger partial charge in [0.15, 0.2) is 12.2 Å². The molecule has 12 nitrogen and oxygen atoms in total. The Morgan fingerprint density at radius 3 is 1.95 bits per heavy atom. The predicted molar refractivity (Wildman–Crippen MR) is 129 cm³/mol. The minimum atomic E-state index is -4.69. The van der Waals surface area contributed by atoms with Crippen molar-refractivity contribution in [1.29, 1.82) is 0 Å². The van der Waals surface area contributed by atoms with Crippen LogP contribution in [-0.2, 0) is 63.3 Å². The van der Waals surface area contributed by atoms with Crippen molar-refractivity contribution in [3.8, 4) is 0 Å². The molecule has 0 N–H and O–H groups in total. The molecule has 1 fully saturated rings. The zero-order valence-corrected chi connectivity index (χ0v) is 22.7. The van der Waals surface area contributed by atoms with Gasteiger partial charge in [-0.1, -0.05) is 12.1 Å². The smallest absolute Gasteiger partial charge is 0.416 e. The van der Waals surface area contributed by atoms with E-state index in [0.29, 0.717) is 0 Å². The van der Waals surface area contributed by atoms with Gasteiger partial charge in [-0.15, -0.1) is 0 Å². The van der Waals surface area contributed by atoms with Crippen LogP contribution >= 0.6 is 0 Å². The maximum absolute atomic E-state index is 13.3. The zero-order chi connectivity index (χ0) is 30.9. The molecule has 0 unspecified atom stereocenters. The molecule has 0 bridgehead atoms. The summed E-state index contributed by atoms with van der Waals surface area (Å²) in [7, 11) is 0. The van der Waals surface area contributed by atoms with E-state index in [1.54, 1.807) is 0 Å². The van der Waals surface area contributed by atoms with Gasteiger partial charge in [-0.05, 0) is 30.7 Å². The van der Waals surface area contributed by atoms with Crippen LogP contribution < -0.4 is 0 Å². The van der Waals surface area contributed by atoms with Crippen LogP contribution in [0.15, 0.2) is 30.0 Å². The molecule has 2 rings (SSSR count). The van der Waals surface area contributed by atoms with Crippen LogP contribution in [0.25, 0.3) is 6.08 Å². The Balaban J connectivity index is 2.62. The Kier molecular flexibility index (Phi) is 11.7. The van der Waals surface area contributed by atoms with Gasteiger partial charge >= 0.3 is 36.0 Å². The minimum Gasteiger partial charge on any atom is -0.463 e. The molecule has 0 amide bonds. The van der Waals surface area contributed by atoms with E-state index in [9.17, 15) is 37.1 Å². The number of benzene rings is 1. The molecule has 0 radical (unpaired) electrons. The van der Waals surface area contributed by atoms with Crippen LogP contribution in [0.5, 0.6) is 0 Å². The van der Waals surface area contributed by atoms with Gasteiger partial charge in [0.1, 0.15) is 12.7 Å². The van der Waals surface area contributed by atoms with Crippen molar-refractivity contribution in [3.05, 3.63) is 41.2 Å². The molecule has 15 heteroatoms. The van der Waals surface area contributed by atoms with Crippen LogP contribution in [-0.4, -0.2) is 73.8 Å². The number of carbonyl (C=O) groups is 5. The number of ether oxygens (including phenoxy) is 7. The summed E-state index contributed by atoms with van der Waals surface area (Å²) in [6, 6.07) is 3.92. The largest absolute Gasteiger partial charge is 0.463 e. The topological polar surface area (TPSA) is 150 Å². The highest BCUT2D eigenvalue weighted by atomic mass is 19.4. The van der Waals surface area contributed by atoms with Crippen molar-refractivity contribution in [1.82, 2.24) is 0 Å². The lowest BCUT2D eigenvalue weighted by Gasteiger charge is -2.43. The highest BCUT2D eigenvalue weighted by Gasteiger charge is 2.53. The maximum Gasteiger partial charge on any atom is 0.416 e. The molecule has 0 aliphatic carbocycles. The summed E-state index contributed by atoms with van der Waals surface area (Å²) in [5, 5.41) is 0. The molecule has 1 heterocycles. The number of carbonyl (C=O) groups excluding carboxylic acids is 5. The molecule has 226 valence electrons. The second-order valence-corrected chi connectivity index (χ2v) is 8.54. The maximum atomic E-state index is 13.3. The Morgan fingerprint density at radius 2 is 1.41 bits per heavy atom. The van der Waals surface area contributed by atoms with Gasteiger partial charge in [-0.25, -0.2) is 4.79 Å². The standard InChI is InChI=1S/C26H29F3O12/c1-6-35-24(34)19(11-17-8-7-9-18(10-17)26(27,28)29)40-25-23(39-16(5)33)22(38-15(4)32)21(37-14(3)31)20(41-25)12-36-13(2)30/h7-11,20-23,25H,6,12H2,1-5H3/b19-11-/t20-,21-,22+,23-,25-/m0/s1. The van der Waals surface area contributed by atoms with Gasteiger partial charge < -0.3 is 33.2 Å². The molecule has 5 atom stereocenters. The van der Waals surface area contributed by atoms with Crippen molar-refractivity contribution >= 4 is 35.9 Å². The van der Waals surface area contributed by atoms with E-state index in [0.717, 1.165) is 52.0 Å². The monoisotopic (exact) mass is 590 g/mol. The van der Waals surface area contributed by atoms with E-state index < -0.39 is 84.7 Å². The Morgan fingerprint density at radius 1 is 0.829 bits per heavy atom. The average molecular weight is 591 g/mol. The Bertz CT molecular complexity index is 1160.